The number of anilines is 2. The van der Waals surface area contributed by atoms with Crippen LogP contribution in [0.3, 0.4) is 0 Å². The number of carbonyl (C=O) groups is 2. The van der Waals surface area contributed by atoms with Crippen LogP contribution in [-0.2, 0) is 14.8 Å². The Balaban J connectivity index is 1.61. The van der Waals surface area contributed by atoms with Crippen molar-refractivity contribution in [3.63, 3.8) is 0 Å². The van der Waals surface area contributed by atoms with Crippen LogP contribution in [0.2, 0.25) is 5.02 Å². The van der Waals surface area contributed by atoms with E-state index >= 15 is 0 Å². The number of amides is 3. The first kappa shape index (κ1) is 19.2. The number of primary sulfonamides is 1. The number of rotatable bonds is 5. The van der Waals surface area contributed by atoms with E-state index in [0.29, 0.717) is 29.5 Å². The van der Waals surface area contributed by atoms with Gasteiger partial charge in [0.2, 0.25) is 15.9 Å². The number of urea groups is 1. The predicted octanol–water partition coefficient (Wildman–Crippen LogP) is 1.87. The molecule has 142 valence electrons. The summed E-state index contributed by atoms with van der Waals surface area (Å²) in [7, 11) is -3.79. The highest BCUT2D eigenvalue weighted by atomic mass is 35.5. The number of nitrogens with zero attached hydrogens (tertiary/aromatic N) is 2. The number of sulfonamides is 1. The lowest BCUT2D eigenvalue weighted by molar-refractivity contribution is -0.116. The minimum absolute atomic E-state index is 0.0487. The van der Waals surface area contributed by atoms with Crippen molar-refractivity contribution < 1.29 is 18.0 Å². The molecular formula is C17H17ClN4O4S. The zero-order valence-corrected chi connectivity index (χ0v) is 15.7. The number of nitrogens with one attached hydrogen (secondary N) is 1. The highest BCUT2D eigenvalue weighted by Crippen LogP contribution is 2.23. The number of benzene rings is 2. The minimum Gasteiger partial charge on any atom is -0.325 e. The Bertz CT molecular complexity index is 979. The van der Waals surface area contributed by atoms with Gasteiger partial charge in [0.25, 0.3) is 0 Å². The van der Waals surface area contributed by atoms with Gasteiger partial charge in [0.1, 0.15) is 6.54 Å². The Morgan fingerprint density at radius 2 is 1.85 bits per heavy atom. The zero-order chi connectivity index (χ0) is 19.6. The molecule has 1 aliphatic heterocycles. The monoisotopic (exact) mass is 408 g/mol. The van der Waals surface area contributed by atoms with E-state index < -0.39 is 10.0 Å². The Hall–Kier alpha value is -2.62. The van der Waals surface area contributed by atoms with Crippen LogP contribution in [0.15, 0.2) is 53.4 Å². The maximum Gasteiger partial charge on any atom is 0.325 e. The average molecular weight is 409 g/mol. The van der Waals surface area contributed by atoms with E-state index in [1.807, 2.05) is 0 Å². The summed E-state index contributed by atoms with van der Waals surface area (Å²) in [4.78, 5) is 27.6. The van der Waals surface area contributed by atoms with Gasteiger partial charge in [0.05, 0.1) is 4.90 Å². The van der Waals surface area contributed by atoms with Crippen LogP contribution in [0.25, 0.3) is 0 Å². The van der Waals surface area contributed by atoms with Crippen LogP contribution in [0.5, 0.6) is 0 Å². The number of halogens is 1. The number of hydrogen-bond acceptors (Lipinski definition) is 4. The Kier molecular flexibility index (Phi) is 5.36. The van der Waals surface area contributed by atoms with Crippen LogP contribution < -0.4 is 15.4 Å². The molecule has 2 aromatic rings. The van der Waals surface area contributed by atoms with Gasteiger partial charge in [-0.3, -0.25) is 9.69 Å². The van der Waals surface area contributed by atoms with Crippen LogP contribution in [0, 0.1) is 0 Å². The normalized spacial score (nSPS) is 14.5. The molecule has 0 saturated carbocycles. The molecule has 0 aromatic heterocycles. The van der Waals surface area contributed by atoms with Gasteiger partial charge in [-0.2, -0.15) is 0 Å². The second-order valence-corrected chi connectivity index (χ2v) is 7.95. The molecule has 0 aliphatic carbocycles. The zero-order valence-electron chi connectivity index (χ0n) is 14.1. The lowest BCUT2D eigenvalue weighted by Crippen LogP contribution is -2.37. The van der Waals surface area contributed by atoms with Crippen molar-refractivity contribution in [2.45, 2.75) is 4.90 Å². The molecule has 0 spiro atoms. The molecule has 8 nitrogen and oxygen atoms in total. The lowest BCUT2D eigenvalue weighted by atomic mass is 10.3. The van der Waals surface area contributed by atoms with Crippen LogP contribution in [-0.4, -0.2) is 44.9 Å². The maximum atomic E-state index is 12.5. The van der Waals surface area contributed by atoms with Crippen molar-refractivity contribution in [3.05, 3.63) is 53.6 Å². The van der Waals surface area contributed by atoms with Gasteiger partial charge in [-0.05, 0) is 42.5 Å². The Morgan fingerprint density at radius 3 is 2.48 bits per heavy atom. The van der Waals surface area contributed by atoms with Crippen LogP contribution >= 0.6 is 11.6 Å². The predicted molar refractivity (Wildman–Crippen MR) is 102 cm³/mol. The summed E-state index contributed by atoms with van der Waals surface area (Å²) in [6.45, 7) is 0.742. The van der Waals surface area contributed by atoms with Crippen molar-refractivity contribution in [2.24, 2.45) is 5.14 Å². The van der Waals surface area contributed by atoms with Gasteiger partial charge in [-0.1, -0.05) is 17.7 Å². The summed E-state index contributed by atoms with van der Waals surface area (Å²) in [5.41, 5.74) is 1.08. The quantitative estimate of drug-likeness (QED) is 0.786. The van der Waals surface area contributed by atoms with Crippen molar-refractivity contribution >= 4 is 44.9 Å². The second-order valence-electron chi connectivity index (χ2n) is 5.95. The van der Waals surface area contributed by atoms with E-state index in [-0.39, 0.29) is 23.4 Å². The Morgan fingerprint density at radius 1 is 1.15 bits per heavy atom. The first-order valence-electron chi connectivity index (χ1n) is 7.99. The molecule has 1 aliphatic rings. The van der Waals surface area contributed by atoms with Crippen LogP contribution in [0.4, 0.5) is 16.2 Å². The second kappa shape index (κ2) is 7.55. The Labute approximate surface area is 161 Å². The fourth-order valence-corrected chi connectivity index (χ4v) is 3.41. The van der Waals surface area contributed by atoms with Crippen LogP contribution in [0.1, 0.15) is 0 Å². The number of hydrogen-bond donors (Lipinski definition) is 2. The third-order valence-electron chi connectivity index (χ3n) is 4.02. The maximum absolute atomic E-state index is 12.5. The first-order valence-corrected chi connectivity index (χ1v) is 9.91. The number of carbonyl (C=O) groups excluding carboxylic acids is 2. The van der Waals surface area contributed by atoms with E-state index in [2.05, 4.69) is 5.32 Å². The lowest BCUT2D eigenvalue weighted by Gasteiger charge is -2.18. The average Bonchev–Trinajstić information content (AvgIpc) is 2.95. The van der Waals surface area contributed by atoms with Gasteiger partial charge >= 0.3 is 6.03 Å². The van der Waals surface area contributed by atoms with Crippen molar-refractivity contribution in [2.75, 3.05) is 29.9 Å². The van der Waals surface area contributed by atoms with E-state index in [1.54, 1.807) is 29.2 Å². The molecular weight excluding hydrogens is 392 g/mol. The minimum atomic E-state index is -3.79. The largest absolute Gasteiger partial charge is 0.325 e. The third-order valence-corrected chi connectivity index (χ3v) is 5.18. The van der Waals surface area contributed by atoms with Gasteiger partial charge in [0.15, 0.2) is 0 Å². The summed E-state index contributed by atoms with van der Waals surface area (Å²) in [5, 5.41) is 8.18. The summed E-state index contributed by atoms with van der Waals surface area (Å²) in [6.07, 6.45) is 0. The molecule has 1 saturated heterocycles. The van der Waals surface area contributed by atoms with E-state index in [9.17, 15) is 18.0 Å². The molecule has 0 radical (unpaired) electrons. The summed E-state index contributed by atoms with van der Waals surface area (Å²) in [5.74, 6) is -0.389. The summed E-state index contributed by atoms with van der Waals surface area (Å²) >= 11 is 5.96. The highest BCUT2D eigenvalue weighted by Gasteiger charge is 2.30. The molecule has 0 unspecified atom stereocenters. The molecule has 27 heavy (non-hydrogen) atoms. The molecule has 1 heterocycles. The third kappa shape index (κ3) is 4.57. The van der Waals surface area contributed by atoms with Gasteiger partial charge < -0.3 is 10.2 Å². The topological polar surface area (TPSA) is 113 Å². The molecule has 0 atom stereocenters. The van der Waals surface area contributed by atoms with E-state index in [4.69, 9.17) is 16.7 Å². The smallest absolute Gasteiger partial charge is 0.325 e. The van der Waals surface area contributed by atoms with Crippen molar-refractivity contribution in [1.29, 1.82) is 0 Å². The molecule has 3 N–H and O–H groups in total. The fraction of sp³-hybridized carbons (Fsp3) is 0.176. The van der Waals surface area contributed by atoms with Crippen molar-refractivity contribution in [3.8, 4) is 0 Å². The van der Waals surface area contributed by atoms with E-state index in [0.717, 1.165) is 0 Å². The van der Waals surface area contributed by atoms with E-state index in [1.165, 1.54) is 29.2 Å². The molecule has 1 fully saturated rings. The van der Waals surface area contributed by atoms with Gasteiger partial charge in [0, 0.05) is 29.5 Å². The van der Waals surface area contributed by atoms with Gasteiger partial charge in [-0.25, -0.2) is 18.4 Å². The molecule has 3 rings (SSSR count). The molecule has 10 heteroatoms. The van der Waals surface area contributed by atoms with Gasteiger partial charge in [-0.15, -0.1) is 0 Å². The standard InChI is InChI=1S/C17H17ClN4O4S/c18-12-2-1-3-14(10-12)22-9-8-21(17(22)24)11-16(23)20-13-4-6-15(7-5-13)27(19,25)26/h1-7,10H,8-9,11H2,(H,20,23)(H2,19,25,26). The highest BCUT2D eigenvalue weighted by molar-refractivity contribution is 7.89. The SMILES string of the molecule is NS(=O)(=O)c1ccc(NC(=O)CN2CCN(c3cccc(Cl)c3)C2=O)cc1. The summed E-state index contributed by atoms with van der Waals surface area (Å²) < 4.78 is 22.5. The van der Waals surface area contributed by atoms with Crippen molar-refractivity contribution in [1.82, 2.24) is 4.90 Å². The molecule has 2 aromatic carbocycles. The molecule has 0 bridgehead atoms. The summed E-state index contributed by atoms with van der Waals surface area (Å²) in [6, 6.07) is 12.1. The number of nitrogens with two attached hydrogens (primary N) is 1. The first-order chi connectivity index (χ1) is 12.7. The molecule has 3 amide bonds. The fourth-order valence-electron chi connectivity index (χ4n) is 2.71.